The summed E-state index contributed by atoms with van der Waals surface area (Å²) in [5.41, 5.74) is 3.18. The topological polar surface area (TPSA) is 42.9 Å². The number of benzene rings is 1. The Kier molecular flexibility index (Phi) is 6.92. The molecule has 3 nitrogen and oxygen atoms in total. The third kappa shape index (κ3) is 5.03. The van der Waals surface area contributed by atoms with Crippen molar-refractivity contribution in [2.45, 2.75) is 45.7 Å². The standard InChI is InChI=1S/C22H22ClFN2OS/c1-14-9-10-17(18(23)12-14)19(24)7-3-4-8-20(27)21-15(2)26-22(28-21)16-6-5-11-25-13-16/h5-6,9-13,19H,3-4,7-8H2,1-2H3. The van der Waals surface area contributed by atoms with Crippen LogP contribution in [0.2, 0.25) is 5.02 Å². The molecule has 0 fully saturated rings. The van der Waals surface area contributed by atoms with E-state index in [1.807, 2.05) is 32.0 Å². The number of alkyl halides is 1. The number of pyridine rings is 1. The van der Waals surface area contributed by atoms with Gasteiger partial charge in [0.05, 0.1) is 10.6 Å². The van der Waals surface area contributed by atoms with Crippen molar-refractivity contribution in [1.29, 1.82) is 0 Å². The van der Waals surface area contributed by atoms with Gasteiger partial charge in [-0.2, -0.15) is 0 Å². The molecule has 0 N–H and O–H groups in total. The summed E-state index contributed by atoms with van der Waals surface area (Å²) >= 11 is 7.53. The highest BCUT2D eigenvalue weighted by Crippen LogP contribution is 2.31. The average molecular weight is 417 g/mol. The minimum atomic E-state index is -1.11. The van der Waals surface area contributed by atoms with Crippen LogP contribution in [0.1, 0.15) is 58.3 Å². The molecular weight excluding hydrogens is 395 g/mol. The van der Waals surface area contributed by atoms with Gasteiger partial charge < -0.3 is 0 Å². The molecule has 0 aliphatic heterocycles. The van der Waals surface area contributed by atoms with E-state index in [0.717, 1.165) is 21.8 Å². The van der Waals surface area contributed by atoms with Crippen LogP contribution in [0.3, 0.4) is 0 Å². The third-order valence-corrected chi connectivity index (χ3v) is 6.14. The van der Waals surface area contributed by atoms with Gasteiger partial charge in [0.2, 0.25) is 0 Å². The van der Waals surface area contributed by atoms with Crippen LogP contribution in [0.5, 0.6) is 0 Å². The van der Waals surface area contributed by atoms with Gasteiger partial charge in [0.15, 0.2) is 5.78 Å². The Morgan fingerprint density at radius 1 is 1.25 bits per heavy atom. The molecule has 1 atom stereocenters. The number of carbonyl (C=O) groups is 1. The molecule has 0 spiro atoms. The zero-order chi connectivity index (χ0) is 20.1. The first kappa shape index (κ1) is 20.6. The lowest BCUT2D eigenvalue weighted by Gasteiger charge is -2.11. The maximum atomic E-state index is 14.4. The fraction of sp³-hybridized carbons (Fsp3) is 0.318. The molecule has 0 radical (unpaired) electrons. The molecule has 0 bridgehead atoms. The number of unbranched alkanes of at least 4 members (excludes halogenated alkanes) is 1. The fourth-order valence-corrected chi connectivity index (χ4v) is 4.41. The van der Waals surface area contributed by atoms with Crippen LogP contribution < -0.4 is 0 Å². The lowest BCUT2D eigenvalue weighted by molar-refractivity contribution is 0.0981. The van der Waals surface area contributed by atoms with Gasteiger partial charge >= 0.3 is 0 Å². The summed E-state index contributed by atoms with van der Waals surface area (Å²) in [5.74, 6) is 0.0638. The van der Waals surface area contributed by atoms with E-state index in [4.69, 9.17) is 11.6 Å². The second kappa shape index (κ2) is 9.39. The summed E-state index contributed by atoms with van der Waals surface area (Å²) in [5, 5.41) is 1.26. The highest BCUT2D eigenvalue weighted by molar-refractivity contribution is 7.17. The van der Waals surface area contributed by atoms with Gasteiger partial charge in [-0.1, -0.05) is 23.7 Å². The number of aryl methyl sites for hydroxylation is 2. The first-order valence-corrected chi connectivity index (χ1v) is 10.5. The molecule has 0 saturated heterocycles. The van der Waals surface area contributed by atoms with Gasteiger partial charge in [0.25, 0.3) is 0 Å². The van der Waals surface area contributed by atoms with Crippen molar-refractivity contribution in [3.05, 3.63) is 69.4 Å². The van der Waals surface area contributed by atoms with E-state index in [-0.39, 0.29) is 5.78 Å². The molecule has 0 amide bonds. The zero-order valence-electron chi connectivity index (χ0n) is 15.9. The number of ketones is 1. The number of hydrogen-bond acceptors (Lipinski definition) is 4. The number of halogens is 2. The summed E-state index contributed by atoms with van der Waals surface area (Å²) in [4.78, 5) is 21.8. The molecule has 146 valence electrons. The van der Waals surface area contributed by atoms with Crippen molar-refractivity contribution in [1.82, 2.24) is 9.97 Å². The second-order valence-corrected chi connectivity index (χ2v) is 8.24. The predicted molar refractivity (Wildman–Crippen MR) is 113 cm³/mol. The molecule has 1 unspecified atom stereocenters. The van der Waals surface area contributed by atoms with E-state index in [1.165, 1.54) is 11.3 Å². The maximum absolute atomic E-state index is 14.4. The number of nitrogens with zero attached hydrogens (tertiary/aromatic N) is 2. The third-order valence-electron chi connectivity index (χ3n) is 4.56. The van der Waals surface area contributed by atoms with Crippen molar-refractivity contribution in [3.63, 3.8) is 0 Å². The average Bonchev–Trinajstić information content (AvgIpc) is 3.07. The molecule has 3 rings (SSSR count). The van der Waals surface area contributed by atoms with Crippen LogP contribution in [-0.2, 0) is 0 Å². The molecule has 1 aromatic carbocycles. The zero-order valence-corrected chi connectivity index (χ0v) is 17.5. The van der Waals surface area contributed by atoms with Gasteiger partial charge in [0, 0.05) is 35.0 Å². The SMILES string of the molecule is Cc1ccc(C(F)CCCCC(=O)c2sc(-c3cccnc3)nc2C)c(Cl)c1. The molecule has 6 heteroatoms. The minimum absolute atomic E-state index is 0.0638. The van der Waals surface area contributed by atoms with E-state index in [0.29, 0.717) is 41.1 Å². The van der Waals surface area contributed by atoms with Crippen LogP contribution in [0.15, 0.2) is 42.7 Å². The highest BCUT2D eigenvalue weighted by atomic mass is 35.5. The largest absolute Gasteiger partial charge is 0.293 e. The van der Waals surface area contributed by atoms with Crippen molar-refractivity contribution in [2.24, 2.45) is 0 Å². The van der Waals surface area contributed by atoms with E-state index in [2.05, 4.69) is 9.97 Å². The van der Waals surface area contributed by atoms with Crippen LogP contribution >= 0.6 is 22.9 Å². The van der Waals surface area contributed by atoms with Gasteiger partial charge in [-0.05, 0) is 56.9 Å². The quantitative estimate of drug-likeness (QED) is 0.295. The van der Waals surface area contributed by atoms with Crippen molar-refractivity contribution < 1.29 is 9.18 Å². The molecule has 2 heterocycles. The number of hydrogen-bond donors (Lipinski definition) is 0. The monoisotopic (exact) mass is 416 g/mol. The van der Waals surface area contributed by atoms with Gasteiger partial charge in [-0.25, -0.2) is 9.37 Å². The van der Waals surface area contributed by atoms with Crippen molar-refractivity contribution in [3.8, 4) is 10.6 Å². The summed E-state index contributed by atoms with van der Waals surface area (Å²) in [6, 6.07) is 9.16. The number of rotatable bonds is 8. The first-order chi connectivity index (χ1) is 13.5. The van der Waals surface area contributed by atoms with Gasteiger partial charge in [0.1, 0.15) is 11.2 Å². The van der Waals surface area contributed by atoms with Crippen LogP contribution in [-0.4, -0.2) is 15.8 Å². The normalized spacial score (nSPS) is 12.1. The second-order valence-electron chi connectivity index (χ2n) is 6.84. The Balaban J connectivity index is 1.53. The molecule has 2 aromatic heterocycles. The number of carbonyl (C=O) groups excluding carboxylic acids is 1. The molecule has 3 aromatic rings. The Labute approximate surface area is 173 Å². The summed E-state index contributed by atoms with van der Waals surface area (Å²) in [7, 11) is 0. The van der Waals surface area contributed by atoms with E-state index >= 15 is 0 Å². The Morgan fingerprint density at radius 3 is 2.79 bits per heavy atom. The Morgan fingerprint density at radius 2 is 2.07 bits per heavy atom. The van der Waals surface area contributed by atoms with Crippen LogP contribution in [0, 0.1) is 13.8 Å². The van der Waals surface area contributed by atoms with E-state index < -0.39 is 6.17 Å². The van der Waals surface area contributed by atoms with Crippen LogP contribution in [0.4, 0.5) is 4.39 Å². The number of Topliss-reactive ketones (excluding diaryl/α,β-unsaturated/α-hetero) is 1. The molecule has 28 heavy (non-hydrogen) atoms. The molecule has 0 aliphatic carbocycles. The van der Waals surface area contributed by atoms with E-state index in [9.17, 15) is 9.18 Å². The van der Waals surface area contributed by atoms with Gasteiger partial charge in [-0.3, -0.25) is 9.78 Å². The Hall–Kier alpha value is -2.11. The molecule has 0 saturated carbocycles. The Bertz CT molecular complexity index is 958. The minimum Gasteiger partial charge on any atom is -0.293 e. The lowest BCUT2D eigenvalue weighted by Crippen LogP contribution is -1.99. The number of aromatic nitrogens is 2. The molecular formula is C22H22ClFN2OS. The van der Waals surface area contributed by atoms with Gasteiger partial charge in [-0.15, -0.1) is 11.3 Å². The number of thiazole rings is 1. The summed E-state index contributed by atoms with van der Waals surface area (Å²) in [6.07, 6.45) is 4.36. The summed E-state index contributed by atoms with van der Waals surface area (Å²) in [6.45, 7) is 3.77. The molecule has 0 aliphatic rings. The first-order valence-electron chi connectivity index (χ1n) is 9.27. The van der Waals surface area contributed by atoms with Crippen molar-refractivity contribution in [2.75, 3.05) is 0 Å². The predicted octanol–water partition coefficient (Wildman–Crippen LogP) is 6.93. The highest BCUT2D eigenvalue weighted by Gasteiger charge is 2.17. The van der Waals surface area contributed by atoms with E-state index in [1.54, 1.807) is 24.5 Å². The van der Waals surface area contributed by atoms with Crippen molar-refractivity contribution >= 4 is 28.7 Å². The maximum Gasteiger partial charge on any atom is 0.174 e. The summed E-state index contributed by atoms with van der Waals surface area (Å²) < 4.78 is 14.4. The fourth-order valence-electron chi connectivity index (χ4n) is 3.03. The lowest BCUT2D eigenvalue weighted by atomic mass is 10.0. The smallest absolute Gasteiger partial charge is 0.174 e. The van der Waals surface area contributed by atoms with Crippen LogP contribution in [0.25, 0.3) is 10.6 Å².